The zero-order valence-corrected chi connectivity index (χ0v) is 10.0. The Labute approximate surface area is 106 Å². The molecule has 0 aromatic carbocycles. The van der Waals surface area contributed by atoms with Crippen LogP contribution >= 0.6 is 0 Å². The van der Waals surface area contributed by atoms with Crippen molar-refractivity contribution >= 4 is 23.7 Å². The molecule has 18 heavy (non-hydrogen) atoms. The molecule has 0 amide bonds. The van der Waals surface area contributed by atoms with Crippen molar-refractivity contribution in [1.82, 2.24) is 4.40 Å². The number of aromatic nitrogens is 1. The molecule has 2 aromatic heterocycles. The summed E-state index contributed by atoms with van der Waals surface area (Å²) in [5.74, 6) is 0. The van der Waals surface area contributed by atoms with Crippen molar-refractivity contribution in [3.63, 3.8) is 0 Å². The van der Waals surface area contributed by atoms with Crippen LogP contribution in [0.3, 0.4) is 0 Å². The van der Waals surface area contributed by atoms with Crippen LogP contribution < -0.4 is 0 Å². The maximum atomic E-state index is 2.31. The van der Waals surface area contributed by atoms with E-state index in [0.29, 0.717) is 0 Å². The van der Waals surface area contributed by atoms with E-state index in [9.17, 15) is 0 Å². The molecule has 4 rings (SSSR count). The van der Waals surface area contributed by atoms with Gasteiger partial charge in [-0.3, -0.25) is 0 Å². The van der Waals surface area contributed by atoms with E-state index < -0.39 is 0 Å². The lowest BCUT2D eigenvalue weighted by atomic mass is 9.98. The summed E-state index contributed by atoms with van der Waals surface area (Å²) in [4.78, 5) is 0. The summed E-state index contributed by atoms with van der Waals surface area (Å²) in [7, 11) is 0. The highest BCUT2D eigenvalue weighted by atomic mass is 14.9. The fraction of sp³-hybridized carbons (Fsp3) is 0.0588. The Morgan fingerprint density at radius 1 is 0.944 bits per heavy atom. The summed E-state index contributed by atoms with van der Waals surface area (Å²) in [5.41, 5.74) is 6.76. The second kappa shape index (κ2) is 3.61. The van der Waals surface area contributed by atoms with Crippen molar-refractivity contribution < 1.29 is 0 Å². The topological polar surface area (TPSA) is 4.41 Å². The molecule has 0 atom stereocenters. The van der Waals surface area contributed by atoms with Crippen LogP contribution in [0, 0.1) is 0 Å². The molecule has 0 saturated heterocycles. The first-order chi connectivity index (χ1) is 8.95. The van der Waals surface area contributed by atoms with Gasteiger partial charge in [0.15, 0.2) is 0 Å². The van der Waals surface area contributed by atoms with E-state index in [-0.39, 0.29) is 0 Å². The molecule has 0 bridgehead atoms. The molecule has 2 aromatic rings. The largest absolute Gasteiger partial charge is 0.316 e. The quantitative estimate of drug-likeness (QED) is 0.643. The number of hydrogen-bond donors (Lipinski definition) is 0. The Hall–Kier alpha value is -2.28. The first kappa shape index (κ1) is 9.72. The minimum Gasteiger partial charge on any atom is -0.316 e. The van der Waals surface area contributed by atoms with E-state index in [0.717, 1.165) is 6.42 Å². The van der Waals surface area contributed by atoms with E-state index in [1.165, 1.54) is 27.9 Å². The molecule has 0 spiro atoms. The summed E-state index contributed by atoms with van der Waals surface area (Å²) >= 11 is 0. The van der Waals surface area contributed by atoms with Crippen molar-refractivity contribution in [2.24, 2.45) is 0 Å². The highest BCUT2D eigenvalue weighted by Gasteiger charge is 2.17. The number of pyridine rings is 1. The number of nitrogens with zero attached hydrogens (tertiary/aromatic N) is 1. The van der Waals surface area contributed by atoms with Crippen LogP contribution in [0.2, 0.25) is 0 Å². The predicted octanol–water partition coefficient (Wildman–Crippen LogP) is 4.10. The monoisotopic (exact) mass is 231 g/mol. The minimum absolute atomic E-state index is 1.03. The van der Waals surface area contributed by atoms with E-state index in [1.54, 1.807) is 0 Å². The van der Waals surface area contributed by atoms with Crippen LogP contribution in [-0.2, 0) is 6.42 Å². The summed E-state index contributed by atoms with van der Waals surface area (Å²) in [5, 5.41) is 0. The van der Waals surface area contributed by atoms with Crippen LogP contribution in [0.4, 0.5) is 0 Å². The molecular formula is C17H13N. The second-order valence-corrected chi connectivity index (χ2v) is 4.67. The predicted molar refractivity (Wildman–Crippen MR) is 77.3 cm³/mol. The average molecular weight is 231 g/mol. The number of allylic oxidation sites excluding steroid dienone is 5. The normalized spacial score (nSPS) is 15.8. The van der Waals surface area contributed by atoms with Gasteiger partial charge < -0.3 is 4.40 Å². The standard InChI is InChI=1S/C17H13N/c1-2-4-11-16-14(9-3-1)15-10-5-7-13-8-6-12-18(16)17(13)15/h1-9,11-12H,10H2. The molecule has 0 saturated carbocycles. The Morgan fingerprint density at radius 3 is 2.78 bits per heavy atom. The zero-order valence-electron chi connectivity index (χ0n) is 10.0. The molecule has 0 radical (unpaired) electrons. The van der Waals surface area contributed by atoms with Crippen LogP contribution in [0.15, 0.2) is 48.7 Å². The molecule has 0 fully saturated rings. The summed E-state index contributed by atoms with van der Waals surface area (Å²) < 4.78 is 2.31. The zero-order chi connectivity index (χ0) is 11.9. The molecule has 86 valence electrons. The minimum atomic E-state index is 1.03. The van der Waals surface area contributed by atoms with Gasteiger partial charge in [-0.2, -0.15) is 0 Å². The lowest BCUT2D eigenvalue weighted by molar-refractivity contribution is 1.16. The average Bonchev–Trinajstić information content (AvgIpc) is 2.65. The molecular weight excluding hydrogens is 218 g/mol. The number of fused-ring (bicyclic) bond motifs is 3. The van der Waals surface area contributed by atoms with E-state index in [2.05, 4.69) is 71.3 Å². The van der Waals surface area contributed by atoms with E-state index in [4.69, 9.17) is 0 Å². The van der Waals surface area contributed by atoms with Crippen LogP contribution in [0.25, 0.3) is 23.7 Å². The SMILES string of the molecule is C1=CC=Cc2c(c3c4c(cccn24)C=CC3)C=C1. The van der Waals surface area contributed by atoms with Crippen LogP contribution in [0.1, 0.15) is 22.4 Å². The second-order valence-electron chi connectivity index (χ2n) is 4.67. The third kappa shape index (κ3) is 1.22. The highest BCUT2D eigenvalue weighted by Crippen LogP contribution is 2.33. The molecule has 2 aliphatic carbocycles. The first-order valence-electron chi connectivity index (χ1n) is 6.29. The van der Waals surface area contributed by atoms with Gasteiger partial charge in [-0.05, 0) is 29.7 Å². The van der Waals surface area contributed by atoms with Gasteiger partial charge in [0.25, 0.3) is 0 Å². The summed E-state index contributed by atoms with van der Waals surface area (Å²) in [6.07, 6.45) is 20.5. The third-order valence-corrected chi connectivity index (χ3v) is 3.64. The smallest absolute Gasteiger partial charge is 0.0569 e. The van der Waals surface area contributed by atoms with Crippen molar-refractivity contribution in [2.45, 2.75) is 6.42 Å². The maximum Gasteiger partial charge on any atom is 0.0569 e. The van der Waals surface area contributed by atoms with Gasteiger partial charge in [-0.25, -0.2) is 0 Å². The molecule has 0 unspecified atom stereocenters. The fourth-order valence-corrected chi connectivity index (χ4v) is 2.89. The molecule has 1 nitrogen and oxygen atoms in total. The molecule has 2 aliphatic rings. The molecule has 1 heteroatoms. The van der Waals surface area contributed by atoms with Gasteiger partial charge in [0.1, 0.15) is 0 Å². The Morgan fingerprint density at radius 2 is 1.83 bits per heavy atom. The van der Waals surface area contributed by atoms with Crippen LogP contribution in [-0.4, -0.2) is 4.40 Å². The lowest BCUT2D eigenvalue weighted by Gasteiger charge is -2.07. The van der Waals surface area contributed by atoms with Crippen molar-refractivity contribution in [3.8, 4) is 0 Å². The van der Waals surface area contributed by atoms with Gasteiger partial charge >= 0.3 is 0 Å². The van der Waals surface area contributed by atoms with Gasteiger partial charge in [0.05, 0.1) is 11.2 Å². The first-order valence-corrected chi connectivity index (χ1v) is 6.29. The van der Waals surface area contributed by atoms with Gasteiger partial charge in [-0.15, -0.1) is 0 Å². The summed E-state index contributed by atoms with van der Waals surface area (Å²) in [6, 6.07) is 4.31. The Balaban J connectivity index is 2.19. The van der Waals surface area contributed by atoms with Gasteiger partial charge in [-0.1, -0.05) is 48.6 Å². The summed E-state index contributed by atoms with van der Waals surface area (Å²) in [6.45, 7) is 0. The van der Waals surface area contributed by atoms with Crippen molar-refractivity contribution in [2.75, 3.05) is 0 Å². The number of hydrogen-bond acceptors (Lipinski definition) is 0. The molecule has 0 aliphatic heterocycles. The fourth-order valence-electron chi connectivity index (χ4n) is 2.89. The van der Waals surface area contributed by atoms with Crippen molar-refractivity contribution in [3.05, 3.63) is 71.1 Å². The number of rotatable bonds is 0. The van der Waals surface area contributed by atoms with E-state index >= 15 is 0 Å². The van der Waals surface area contributed by atoms with Gasteiger partial charge in [0.2, 0.25) is 0 Å². The van der Waals surface area contributed by atoms with Crippen molar-refractivity contribution in [1.29, 1.82) is 0 Å². The molecule has 0 N–H and O–H groups in total. The van der Waals surface area contributed by atoms with Gasteiger partial charge in [0, 0.05) is 11.8 Å². The Bertz CT molecular complexity index is 751. The maximum absolute atomic E-state index is 2.31. The Kier molecular flexibility index (Phi) is 1.95. The lowest BCUT2D eigenvalue weighted by Crippen LogP contribution is -1.93. The van der Waals surface area contributed by atoms with E-state index in [1.807, 2.05) is 0 Å². The van der Waals surface area contributed by atoms with Crippen LogP contribution in [0.5, 0.6) is 0 Å². The third-order valence-electron chi connectivity index (χ3n) is 3.64. The highest BCUT2D eigenvalue weighted by molar-refractivity contribution is 5.85. The molecule has 2 heterocycles.